The van der Waals surface area contributed by atoms with E-state index in [2.05, 4.69) is 5.32 Å². The van der Waals surface area contributed by atoms with Gasteiger partial charge in [0.05, 0.1) is 17.8 Å². The third-order valence-electron chi connectivity index (χ3n) is 2.98. The van der Waals surface area contributed by atoms with Crippen molar-refractivity contribution in [3.63, 3.8) is 0 Å². The van der Waals surface area contributed by atoms with E-state index < -0.39 is 5.97 Å². The highest BCUT2D eigenvalue weighted by Gasteiger charge is 2.20. The van der Waals surface area contributed by atoms with Gasteiger partial charge in [0, 0.05) is 13.1 Å². The van der Waals surface area contributed by atoms with E-state index in [9.17, 15) is 14.7 Å². The number of hydrogen-bond acceptors (Lipinski definition) is 3. The standard InChI is InChI=1S/C13H16N2O3/c1-9-3-4-11(10(7-9)13(17)18)15-6-2-5-14-12(16)8-15/h3-4,7H,2,5-6,8H2,1H3,(H,14,16)(H,17,18). The summed E-state index contributed by atoms with van der Waals surface area (Å²) in [5, 5.41) is 12.0. The molecule has 0 aliphatic carbocycles. The van der Waals surface area contributed by atoms with Crippen molar-refractivity contribution in [2.45, 2.75) is 13.3 Å². The molecule has 0 aromatic heterocycles. The number of benzene rings is 1. The first-order chi connectivity index (χ1) is 8.58. The Bertz CT molecular complexity index is 485. The molecule has 0 spiro atoms. The maximum Gasteiger partial charge on any atom is 0.337 e. The third-order valence-corrected chi connectivity index (χ3v) is 2.98. The summed E-state index contributed by atoms with van der Waals surface area (Å²) >= 11 is 0. The van der Waals surface area contributed by atoms with E-state index in [0.717, 1.165) is 12.0 Å². The van der Waals surface area contributed by atoms with Crippen LogP contribution in [0.3, 0.4) is 0 Å². The molecule has 0 saturated carbocycles. The lowest BCUT2D eigenvalue weighted by atomic mass is 10.1. The first-order valence-corrected chi connectivity index (χ1v) is 5.93. The largest absolute Gasteiger partial charge is 0.478 e. The number of carboxylic acid groups (broad SMARTS) is 1. The van der Waals surface area contributed by atoms with Gasteiger partial charge in [0.2, 0.25) is 5.91 Å². The Morgan fingerprint density at radius 3 is 2.94 bits per heavy atom. The molecule has 1 heterocycles. The molecule has 96 valence electrons. The van der Waals surface area contributed by atoms with Crippen molar-refractivity contribution in [2.75, 3.05) is 24.5 Å². The summed E-state index contributed by atoms with van der Waals surface area (Å²) in [6.45, 7) is 3.39. The van der Waals surface area contributed by atoms with Gasteiger partial charge in [0.15, 0.2) is 0 Å². The number of anilines is 1. The number of aromatic carboxylic acids is 1. The molecule has 1 aromatic carbocycles. The van der Waals surface area contributed by atoms with Crippen LogP contribution in [-0.4, -0.2) is 36.6 Å². The molecule has 2 N–H and O–H groups in total. The first kappa shape index (κ1) is 12.4. The second-order valence-corrected chi connectivity index (χ2v) is 4.45. The molecule has 1 aromatic rings. The second-order valence-electron chi connectivity index (χ2n) is 4.45. The van der Waals surface area contributed by atoms with E-state index in [4.69, 9.17) is 0 Å². The molecule has 1 aliphatic rings. The predicted molar refractivity (Wildman–Crippen MR) is 68.0 cm³/mol. The van der Waals surface area contributed by atoms with Crippen LogP contribution in [0, 0.1) is 6.92 Å². The van der Waals surface area contributed by atoms with Crippen LogP contribution in [0.15, 0.2) is 18.2 Å². The lowest BCUT2D eigenvalue weighted by Gasteiger charge is -2.23. The number of hydrogen-bond donors (Lipinski definition) is 2. The highest BCUT2D eigenvalue weighted by molar-refractivity contribution is 5.95. The lowest BCUT2D eigenvalue weighted by Crippen LogP contribution is -2.33. The van der Waals surface area contributed by atoms with E-state index in [1.807, 2.05) is 17.9 Å². The Kier molecular flexibility index (Phi) is 3.50. The van der Waals surface area contributed by atoms with Gasteiger partial charge in [0.1, 0.15) is 0 Å². The van der Waals surface area contributed by atoms with Gasteiger partial charge in [-0.25, -0.2) is 4.79 Å². The monoisotopic (exact) mass is 248 g/mol. The number of carboxylic acids is 1. The minimum Gasteiger partial charge on any atom is -0.478 e. The smallest absolute Gasteiger partial charge is 0.337 e. The van der Waals surface area contributed by atoms with Crippen molar-refractivity contribution >= 4 is 17.6 Å². The molecule has 1 fully saturated rings. The summed E-state index contributed by atoms with van der Waals surface area (Å²) in [6, 6.07) is 5.28. The van der Waals surface area contributed by atoms with Gasteiger partial charge in [-0.2, -0.15) is 0 Å². The summed E-state index contributed by atoms with van der Waals surface area (Å²) in [6.07, 6.45) is 0.818. The van der Waals surface area contributed by atoms with E-state index in [1.54, 1.807) is 12.1 Å². The van der Waals surface area contributed by atoms with Crippen LogP contribution in [0.5, 0.6) is 0 Å². The molecule has 1 saturated heterocycles. The van der Waals surface area contributed by atoms with Crippen LogP contribution < -0.4 is 10.2 Å². The van der Waals surface area contributed by atoms with Gasteiger partial charge < -0.3 is 15.3 Å². The summed E-state index contributed by atoms with van der Waals surface area (Å²) in [5.41, 5.74) is 1.77. The van der Waals surface area contributed by atoms with Crippen molar-refractivity contribution in [3.05, 3.63) is 29.3 Å². The van der Waals surface area contributed by atoms with Gasteiger partial charge in [-0.1, -0.05) is 11.6 Å². The number of carbonyl (C=O) groups excluding carboxylic acids is 1. The Balaban J connectivity index is 2.36. The molecule has 0 atom stereocenters. The van der Waals surface area contributed by atoms with Gasteiger partial charge in [-0.15, -0.1) is 0 Å². The molecular formula is C13H16N2O3. The minimum absolute atomic E-state index is 0.0654. The van der Waals surface area contributed by atoms with Crippen LogP contribution >= 0.6 is 0 Å². The molecule has 0 bridgehead atoms. The fraction of sp³-hybridized carbons (Fsp3) is 0.385. The third kappa shape index (κ3) is 2.61. The topological polar surface area (TPSA) is 69.6 Å². The van der Waals surface area contributed by atoms with Gasteiger partial charge in [0.25, 0.3) is 0 Å². The van der Waals surface area contributed by atoms with Crippen molar-refractivity contribution in [1.29, 1.82) is 0 Å². The van der Waals surface area contributed by atoms with Gasteiger partial charge >= 0.3 is 5.97 Å². The Hall–Kier alpha value is -2.04. The second kappa shape index (κ2) is 5.08. The van der Waals surface area contributed by atoms with Gasteiger partial charge in [-0.05, 0) is 25.5 Å². The molecule has 18 heavy (non-hydrogen) atoms. The van der Waals surface area contributed by atoms with Crippen molar-refractivity contribution < 1.29 is 14.7 Å². The number of aryl methyl sites for hydroxylation is 1. The van der Waals surface area contributed by atoms with Crippen molar-refractivity contribution in [3.8, 4) is 0 Å². The quantitative estimate of drug-likeness (QED) is 0.819. The number of amides is 1. The van der Waals surface area contributed by atoms with Crippen LogP contribution in [0.1, 0.15) is 22.3 Å². The highest BCUT2D eigenvalue weighted by Crippen LogP contribution is 2.22. The van der Waals surface area contributed by atoms with Crippen LogP contribution in [0.4, 0.5) is 5.69 Å². The number of rotatable bonds is 2. The maximum atomic E-state index is 11.5. The zero-order valence-electron chi connectivity index (χ0n) is 10.3. The highest BCUT2D eigenvalue weighted by atomic mass is 16.4. The van der Waals surface area contributed by atoms with Crippen molar-refractivity contribution in [1.82, 2.24) is 5.32 Å². The number of nitrogens with one attached hydrogen (secondary N) is 1. The lowest BCUT2D eigenvalue weighted by molar-refractivity contribution is -0.119. The Labute approximate surface area is 105 Å². The summed E-state index contributed by atoms with van der Waals surface area (Å²) < 4.78 is 0. The van der Waals surface area contributed by atoms with E-state index in [0.29, 0.717) is 18.8 Å². The molecule has 0 unspecified atom stereocenters. The summed E-state index contributed by atoms with van der Waals surface area (Å²) in [5.74, 6) is -1.03. The predicted octanol–water partition coefficient (Wildman–Crippen LogP) is 1.02. The average molecular weight is 248 g/mol. The van der Waals surface area contributed by atoms with E-state index in [-0.39, 0.29) is 18.0 Å². The normalized spacial score (nSPS) is 16.1. The number of carbonyl (C=O) groups is 2. The number of nitrogens with zero attached hydrogens (tertiary/aromatic N) is 1. The zero-order chi connectivity index (χ0) is 13.1. The molecule has 5 nitrogen and oxygen atoms in total. The SMILES string of the molecule is Cc1ccc(N2CCCNC(=O)C2)c(C(=O)O)c1. The van der Waals surface area contributed by atoms with E-state index in [1.165, 1.54) is 0 Å². The molecule has 1 aliphatic heterocycles. The van der Waals surface area contributed by atoms with Crippen LogP contribution in [0.2, 0.25) is 0 Å². The summed E-state index contributed by atoms with van der Waals surface area (Å²) in [7, 11) is 0. The average Bonchev–Trinajstić information content (AvgIpc) is 2.53. The van der Waals surface area contributed by atoms with Crippen LogP contribution in [-0.2, 0) is 4.79 Å². The molecule has 5 heteroatoms. The van der Waals surface area contributed by atoms with Gasteiger partial charge in [-0.3, -0.25) is 4.79 Å². The Morgan fingerprint density at radius 1 is 1.44 bits per heavy atom. The fourth-order valence-corrected chi connectivity index (χ4v) is 2.11. The molecular weight excluding hydrogens is 232 g/mol. The van der Waals surface area contributed by atoms with E-state index >= 15 is 0 Å². The molecule has 2 rings (SSSR count). The Morgan fingerprint density at radius 2 is 2.22 bits per heavy atom. The summed E-state index contributed by atoms with van der Waals surface area (Å²) in [4.78, 5) is 24.6. The fourth-order valence-electron chi connectivity index (χ4n) is 2.11. The first-order valence-electron chi connectivity index (χ1n) is 5.93. The van der Waals surface area contributed by atoms with Crippen molar-refractivity contribution in [2.24, 2.45) is 0 Å². The zero-order valence-corrected chi connectivity index (χ0v) is 10.3. The van der Waals surface area contributed by atoms with Crippen LogP contribution in [0.25, 0.3) is 0 Å². The molecule has 0 radical (unpaired) electrons. The molecule has 1 amide bonds. The minimum atomic E-state index is -0.960. The maximum absolute atomic E-state index is 11.5.